The van der Waals surface area contributed by atoms with Crippen molar-refractivity contribution in [1.82, 2.24) is 0 Å². The highest BCUT2D eigenvalue weighted by molar-refractivity contribution is 6.44. The van der Waals surface area contributed by atoms with Crippen molar-refractivity contribution in [2.24, 2.45) is 5.92 Å². The molecule has 0 aliphatic carbocycles. The number of ether oxygens (including phenoxy) is 1. The Morgan fingerprint density at radius 3 is 2.67 bits per heavy atom. The van der Waals surface area contributed by atoms with Gasteiger partial charge in [-0.3, -0.25) is 9.59 Å². The van der Waals surface area contributed by atoms with E-state index in [0.29, 0.717) is 28.0 Å². The van der Waals surface area contributed by atoms with E-state index in [4.69, 9.17) is 27.9 Å². The molecule has 1 aliphatic rings. The largest absolute Gasteiger partial charge is 0.494 e. The van der Waals surface area contributed by atoms with Gasteiger partial charge in [-0.15, -0.1) is 0 Å². The topological polar surface area (TPSA) is 58.6 Å². The Morgan fingerprint density at radius 1 is 1.22 bits per heavy atom. The fourth-order valence-electron chi connectivity index (χ4n) is 2.92. The Hall–Kier alpha value is -2.24. The monoisotopic (exact) mass is 406 g/mol. The molecule has 0 bridgehead atoms. The maximum absolute atomic E-state index is 12.6. The number of hydrogen-bond donors (Lipinski definition) is 1. The van der Waals surface area contributed by atoms with Crippen molar-refractivity contribution in [3.05, 3.63) is 52.5 Å². The van der Waals surface area contributed by atoms with E-state index in [-0.39, 0.29) is 24.8 Å². The molecule has 1 heterocycles. The molecule has 0 unspecified atom stereocenters. The van der Waals surface area contributed by atoms with Gasteiger partial charge in [-0.25, -0.2) is 0 Å². The van der Waals surface area contributed by atoms with Gasteiger partial charge in [-0.1, -0.05) is 36.2 Å². The third-order valence-electron chi connectivity index (χ3n) is 4.31. The molecular formula is C20H20Cl2N2O3. The number of nitrogens with zero attached hydrogens (tertiary/aromatic N) is 1. The van der Waals surface area contributed by atoms with Crippen LogP contribution >= 0.6 is 23.2 Å². The average molecular weight is 407 g/mol. The standard InChI is InChI=1S/C20H20Cl2N2O3/c1-2-10-27-15-8-6-14(7-9-15)23-20(26)13-11-18(25)24(12-13)17-5-3-4-16(21)19(17)22/h3-9,13H,2,10-12H2,1H3,(H,23,26)/t13-/m0/s1. The van der Waals surface area contributed by atoms with E-state index in [1.165, 1.54) is 4.90 Å². The molecular weight excluding hydrogens is 387 g/mol. The molecule has 1 atom stereocenters. The Kier molecular flexibility index (Phi) is 6.24. The van der Waals surface area contributed by atoms with Crippen molar-refractivity contribution in [3.63, 3.8) is 0 Å². The molecule has 0 radical (unpaired) electrons. The first kappa shape index (κ1) is 19.5. The minimum Gasteiger partial charge on any atom is -0.494 e. The molecule has 2 aromatic carbocycles. The Balaban J connectivity index is 1.64. The van der Waals surface area contributed by atoms with E-state index in [1.54, 1.807) is 30.3 Å². The van der Waals surface area contributed by atoms with Crippen LogP contribution in [-0.4, -0.2) is 25.0 Å². The summed E-state index contributed by atoms with van der Waals surface area (Å²) < 4.78 is 5.53. The maximum atomic E-state index is 12.6. The van der Waals surface area contributed by atoms with Crippen LogP contribution in [0.15, 0.2) is 42.5 Å². The third kappa shape index (κ3) is 4.54. The normalized spacial score (nSPS) is 16.5. The van der Waals surface area contributed by atoms with Crippen LogP contribution in [0.1, 0.15) is 19.8 Å². The number of benzene rings is 2. The van der Waals surface area contributed by atoms with E-state index < -0.39 is 5.92 Å². The number of carbonyl (C=O) groups is 2. The molecule has 2 aromatic rings. The lowest BCUT2D eigenvalue weighted by molar-refractivity contribution is -0.122. The number of rotatable bonds is 6. The van der Waals surface area contributed by atoms with E-state index in [2.05, 4.69) is 5.32 Å². The first-order valence-electron chi connectivity index (χ1n) is 8.77. The van der Waals surface area contributed by atoms with Gasteiger partial charge in [0.25, 0.3) is 0 Å². The fourth-order valence-corrected chi connectivity index (χ4v) is 3.31. The van der Waals surface area contributed by atoms with E-state index >= 15 is 0 Å². The van der Waals surface area contributed by atoms with Gasteiger partial charge in [-0.05, 0) is 42.8 Å². The molecule has 142 valence electrons. The molecule has 1 fully saturated rings. The van der Waals surface area contributed by atoms with Crippen LogP contribution < -0.4 is 15.0 Å². The van der Waals surface area contributed by atoms with Crippen molar-refractivity contribution < 1.29 is 14.3 Å². The summed E-state index contributed by atoms with van der Waals surface area (Å²) in [7, 11) is 0. The lowest BCUT2D eigenvalue weighted by Crippen LogP contribution is -2.28. The van der Waals surface area contributed by atoms with Crippen LogP contribution in [0.25, 0.3) is 0 Å². The van der Waals surface area contributed by atoms with Gasteiger partial charge in [0, 0.05) is 18.7 Å². The van der Waals surface area contributed by atoms with Gasteiger partial charge >= 0.3 is 0 Å². The number of carbonyl (C=O) groups excluding carboxylic acids is 2. The quantitative estimate of drug-likeness (QED) is 0.750. The van der Waals surface area contributed by atoms with Crippen molar-refractivity contribution in [1.29, 1.82) is 0 Å². The summed E-state index contributed by atoms with van der Waals surface area (Å²) in [5.41, 5.74) is 1.19. The number of nitrogens with one attached hydrogen (secondary N) is 1. The molecule has 7 heteroatoms. The second-order valence-electron chi connectivity index (χ2n) is 6.34. The number of anilines is 2. The summed E-state index contributed by atoms with van der Waals surface area (Å²) in [5, 5.41) is 3.54. The van der Waals surface area contributed by atoms with E-state index in [1.807, 2.05) is 19.1 Å². The molecule has 2 amide bonds. The van der Waals surface area contributed by atoms with Crippen molar-refractivity contribution in [2.75, 3.05) is 23.4 Å². The highest BCUT2D eigenvalue weighted by atomic mass is 35.5. The molecule has 5 nitrogen and oxygen atoms in total. The van der Waals surface area contributed by atoms with Crippen LogP contribution in [0.2, 0.25) is 10.0 Å². The smallest absolute Gasteiger partial charge is 0.229 e. The molecule has 0 saturated carbocycles. The van der Waals surface area contributed by atoms with E-state index in [9.17, 15) is 9.59 Å². The van der Waals surface area contributed by atoms with Crippen molar-refractivity contribution in [2.45, 2.75) is 19.8 Å². The van der Waals surface area contributed by atoms with Crippen LogP contribution in [-0.2, 0) is 9.59 Å². The minimum absolute atomic E-state index is 0.131. The van der Waals surface area contributed by atoms with Gasteiger partial charge in [-0.2, -0.15) is 0 Å². The van der Waals surface area contributed by atoms with Gasteiger partial charge in [0.1, 0.15) is 5.75 Å². The van der Waals surface area contributed by atoms with Crippen LogP contribution in [0.4, 0.5) is 11.4 Å². The summed E-state index contributed by atoms with van der Waals surface area (Å²) in [4.78, 5) is 26.5. The van der Waals surface area contributed by atoms with Gasteiger partial charge in [0.15, 0.2) is 0 Å². The van der Waals surface area contributed by atoms with Gasteiger partial charge < -0.3 is 15.0 Å². The van der Waals surface area contributed by atoms with Crippen LogP contribution in [0.5, 0.6) is 5.75 Å². The summed E-state index contributed by atoms with van der Waals surface area (Å²) >= 11 is 12.2. The summed E-state index contributed by atoms with van der Waals surface area (Å²) in [6.45, 7) is 2.96. The van der Waals surface area contributed by atoms with Gasteiger partial charge in [0.2, 0.25) is 11.8 Å². The minimum atomic E-state index is -0.455. The predicted octanol–water partition coefficient (Wildman–Crippen LogP) is 4.77. The lowest BCUT2D eigenvalue weighted by atomic mass is 10.1. The lowest BCUT2D eigenvalue weighted by Gasteiger charge is -2.18. The predicted molar refractivity (Wildman–Crippen MR) is 108 cm³/mol. The Bertz CT molecular complexity index is 840. The Labute approximate surface area is 168 Å². The molecule has 27 heavy (non-hydrogen) atoms. The molecule has 1 saturated heterocycles. The summed E-state index contributed by atoms with van der Waals surface area (Å²) in [6, 6.07) is 12.3. The van der Waals surface area contributed by atoms with Crippen LogP contribution in [0, 0.1) is 5.92 Å². The Morgan fingerprint density at radius 2 is 1.96 bits per heavy atom. The summed E-state index contributed by atoms with van der Waals surface area (Å²) in [5.74, 6) is -0.0508. The van der Waals surface area contributed by atoms with Crippen molar-refractivity contribution in [3.8, 4) is 5.75 Å². The highest BCUT2D eigenvalue weighted by Crippen LogP contribution is 2.35. The second-order valence-corrected chi connectivity index (χ2v) is 7.13. The number of amides is 2. The average Bonchev–Trinajstić information content (AvgIpc) is 3.05. The van der Waals surface area contributed by atoms with E-state index in [0.717, 1.165) is 12.2 Å². The highest BCUT2D eigenvalue weighted by Gasteiger charge is 2.36. The zero-order chi connectivity index (χ0) is 19.4. The first-order valence-corrected chi connectivity index (χ1v) is 9.53. The molecule has 0 aromatic heterocycles. The molecule has 1 aliphatic heterocycles. The zero-order valence-corrected chi connectivity index (χ0v) is 16.4. The molecule has 0 spiro atoms. The summed E-state index contributed by atoms with van der Waals surface area (Å²) in [6.07, 6.45) is 1.06. The number of hydrogen-bond acceptors (Lipinski definition) is 3. The second kappa shape index (κ2) is 8.63. The third-order valence-corrected chi connectivity index (χ3v) is 5.12. The van der Waals surface area contributed by atoms with Gasteiger partial charge in [0.05, 0.1) is 28.3 Å². The first-order chi connectivity index (χ1) is 13.0. The molecule has 3 rings (SSSR count). The zero-order valence-electron chi connectivity index (χ0n) is 14.9. The van der Waals surface area contributed by atoms with Crippen molar-refractivity contribution >= 4 is 46.4 Å². The number of halogens is 2. The fraction of sp³-hybridized carbons (Fsp3) is 0.300. The maximum Gasteiger partial charge on any atom is 0.229 e. The van der Waals surface area contributed by atoms with Crippen LogP contribution in [0.3, 0.4) is 0 Å². The molecule has 1 N–H and O–H groups in total. The SMILES string of the molecule is CCCOc1ccc(NC(=O)[C@H]2CC(=O)N(c3cccc(Cl)c3Cl)C2)cc1.